The summed E-state index contributed by atoms with van der Waals surface area (Å²) < 4.78 is 10.7. The van der Waals surface area contributed by atoms with Crippen molar-refractivity contribution in [3.8, 4) is 11.5 Å². The Morgan fingerprint density at radius 2 is 1.92 bits per heavy atom. The molecule has 126 valence electrons. The number of aromatic nitrogens is 3. The van der Waals surface area contributed by atoms with Crippen LogP contribution in [0.1, 0.15) is 33.5 Å². The van der Waals surface area contributed by atoms with Crippen molar-refractivity contribution in [3.63, 3.8) is 0 Å². The molecule has 0 aliphatic heterocycles. The summed E-state index contributed by atoms with van der Waals surface area (Å²) in [4.78, 5) is 38.9. The maximum atomic E-state index is 12.1. The van der Waals surface area contributed by atoms with Crippen molar-refractivity contribution < 1.29 is 23.5 Å². The van der Waals surface area contributed by atoms with Gasteiger partial charge in [-0.2, -0.15) is 5.10 Å². The number of hydrogen-bond acceptors (Lipinski definition) is 7. The Bertz CT molecular complexity index is 910. The Morgan fingerprint density at radius 3 is 2.56 bits per heavy atom. The molecule has 0 saturated carbocycles. The van der Waals surface area contributed by atoms with Crippen LogP contribution < -0.4 is 4.74 Å². The third-order valence-electron chi connectivity index (χ3n) is 3.42. The van der Waals surface area contributed by atoms with Crippen molar-refractivity contribution in [2.75, 3.05) is 0 Å². The molecule has 0 aliphatic carbocycles. The maximum absolute atomic E-state index is 12.1. The Morgan fingerprint density at radius 1 is 1.16 bits per heavy atom. The number of carbonyl (C=O) groups excluding carboxylic acids is 3. The molecule has 0 bridgehead atoms. The molecule has 1 N–H and O–H groups in total. The topological polar surface area (TPSA) is 115 Å². The first kappa shape index (κ1) is 16.3. The minimum atomic E-state index is -0.768. The summed E-state index contributed by atoms with van der Waals surface area (Å²) in [6.07, 6.45) is 3.62. The molecule has 25 heavy (non-hydrogen) atoms. The van der Waals surface area contributed by atoms with Crippen LogP contribution in [0.4, 0.5) is 0 Å². The van der Waals surface area contributed by atoms with E-state index in [2.05, 4.69) is 15.2 Å². The van der Waals surface area contributed by atoms with Crippen molar-refractivity contribution in [2.45, 2.75) is 13.3 Å². The number of Topliss-reactive ketones (excluding diaryl/α,β-unsaturated/α-hetero) is 3. The monoisotopic (exact) mass is 339 g/mol. The number of rotatable bonds is 7. The molecule has 1 aromatic carbocycles. The highest BCUT2D eigenvalue weighted by Gasteiger charge is 2.22. The number of H-pyrrole nitrogens is 1. The Labute approximate surface area is 141 Å². The number of benzene rings is 1. The lowest BCUT2D eigenvalue weighted by Crippen LogP contribution is -2.18. The van der Waals surface area contributed by atoms with Gasteiger partial charge in [-0.05, 0) is 31.2 Å². The van der Waals surface area contributed by atoms with Gasteiger partial charge in [-0.15, -0.1) is 0 Å². The Hall–Kier alpha value is -3.55. The van der Waals surface area contributed by atoms with Gasteiger partial charge in [-0.1, -0.05) is 0 Å². The third-order valence-corrected chi connectivity index (χ3v) is 3.42. The van der Waals surface area contributed by atoms with E-state index in [1.807, 2.05) is 0 Å². The van der Waals surface area contributed by atoms with E-state index in [1.165, 1.54) is 19.5 Å². The third kappa shape index (κ3) is 3.69. The second-order valence-electron chi connectivity index (χ2n) is 5.21. The van der Waals surface area contributed by atoms with Crippen molar-refractivity contribution in [3.05, 3.63) is 60.1 Å². The number of aromatic amines is 1. The molecule has 0 aliphatic rings. The molecule has 0 radical (unpaired) electrons. The predicted octanol–water partition coefficient (Wildman–Crippen LogP) is 2.39. The molecule has 0 unspecified atom stereocenters. The zero-order valence-electron chi connectivity index (χ0n) is 13.2. The fraction of sp³-hybridized carbons (Fsp3) is 0.118. The van der Waals surface area contributed by atoms with E-state index < -0.39 is 11.6 Å². The average Bonchev–Trinajstić information content (AvgIpc) is 3.27. The summed E-state index contributed by atoms with van der Waals surface area (Å²) in [5, 5.41) is 5.89. The SMILES string of the molecule is CC(=O)c1ccc(Oc2cocc2CC(=O)C(=O)c2ncn[nH]2)cc1. The normalized spacial score (nSPS) is 10.4. The fourth-order valence-corrected chi connectivity index (χ4v) is 2.11. The van der Waals surface area contributed by atoms with Crippen molar-refractivity contribution in [1.82, 2.24) is 15.2 Å². The number of ketones is 3. The first-order chi connectivity index (χ1) is 12.0. The summed E-state index contributed by atoms with van der Waals surface area (Å²) in [6, 6.07) is 6.54. The van der Waals surface area contributed by atoms with Gasteiger partial charge in [-0.3, -0.25) is 19.5 Å². The van der Waals surface area contributed by atoms with Crippen LogP contribution in [0.15, 0.2) is 47.5 Å². The van der Waals surface area contributed by atoms with Gasteiger partial charge in [0.05, 0.1) is 6.26 Å². The van der Waals surface area contributed by atoms with Crippen LogP contribution in [0.2, 0.25) is 0 Å². The lowest BCUT2D eigenvalue weighted by molar-refractivity contribution is -0.114. The fourth-order valence-electron chi connectivity index (χ4n) is 2.11. The quantitative estimate of drug-likeness (QED) is 0.519. The molecule has 0 atom stereocenters. The lowest BCUT2D eigenvalue weighted by Gasteiger charge is -2.06. The van der Waals surface area contributed by atoms with E-state index in [1.54, 1.807) is 24.3 Å². The molecule has 0 spiro atoms. The number of ether oxygens (including phenoxy) is 1. The van der Waals surface area contributed by atoms with Crippen LogP contribution in [-0.4, -0.2) is 32.5 Å². The summed E-state index contributed by atoms with van der Waals surface area (Å²) in [7, 11) is 0. The van der Waals surface area contributed by atoms with Gasteiger partial charge in [0.15, 0.2) is 17.4 Å². The largest absolute Gasteiger partial charge is 0.468 e. The standard InChI is InChI=1S/C17H13N3O5/c1-10(21)11-2-4-13(5-3-11)25-15-8-24-7-12(15)6-14(22)16(23)17-18-9-19-20-17/h2-5,7-9H,6H2,1H3,(H,18,19,20). The highest BCUT2D eigenvalue weighted by molar-refractivity contribution is 6.43. The van der Waals surface area contributed by atoms with Gasteiger partial charge in [0.2, 0.25) is 5.78 Å². The highest BCUT2D eigenvalue weighted by atomic mass is 16.5. The Balaban J connectivity index is 1.71. The second kappa shape index (κ2) is 6.91. The smallest absolute Gasteiger partial charge is 0.265 e. The van der Waals surface area contributed by atoms with Crippen LogP contribution in [0, 0.1) is 0 Å². The highest BCUT2D eigenvalue weighted by Crippen LogP contribution is 2.27. The van der Waals surface area contributed by atoms with Gasteiger partial charge in [-0.25, -0.2) is 4.98 Å². The summed E-state index contributed by atoms with van der Waals surface area (Å²) in [5.41, 5.74) is 0.987. The minimum absolute atomic E-state index is 0.0490. The van der Waals surface area contributed by atoms with Crippen LogP contribution in [-0.2, 0) is 11.2 Å². The van der Waals surface area contributed by atoms with E-state index in [4.69, 9.17) is 9.15 Å². The molecule has 3 rings (SSSR count). The summed E-state index contributed by atoms with van der Waals surface area (Å²) >= 11 is 0. The van der Waals surface area contributed by atoms with Gasteiger partial charge in [0.25, 0.3) is 5.78 Å². The van der Waals surface area contributed by atoms with Crippen molar-refractivity contribution >= 4 is 17.3 Å². The summed E-state index contributed by atoms with van der Waals surface area (Å²) in [6.45, 7) is 1.47. The van der Waals surface area contributed by atoms with E-state index >= 15 is 0 Å². The van der Waals surface area contributed by atoms with E-state index in [0.29, 0.717) is 22.6 Å². The molecule has 3 aromatic rings. The minimum Gasteiger partial charge on any atom is -0.468 e. The van der Waals surface area contributed by atoms with Crippen LogP contribution in [0.25, 0.3) is 0 Å². The molecule has 2 aromatic heterocycles. The average molecular weight is 339 g/mol. The molecule has 8 nitrogen and oxygen atoms in total. The summed E-state index contributed by atoms with van der Waals surface area (Å²) in [5.74, 6) is -0.816. The molecular formula is C17H13N3O5. The van der Waals surface area contributed by atoms with E-state index in [0.717, 1.165) is 6.33 Å². The number of nitrogens with zero attached hydrogens (tertiary/aromatic N) is 2. The van der Waals surface area contributed by atoms with Crippen LogP contribution in [0.5, 0.6) is 11.5 Å². The molecule has 0 saturated heterocycles. The van der Waals surface area contributed by atoms with Crippen molar-refractivity contribution in [2.24, 2.45) is 0 Å². The number of hydrogen-bond donors (Lipinski definition) is 1. The van der Waals surface area contributed by atoms with Gasteiger partial charge in [0, 0.05) is 17.5 Å². The predicted molar refractivity (Wildman–Crippen MR) is 84.7 cm³/mol. The maximum Gasteiger partial charge on any atom is 0.265 e. The zero-order chi connectivity index (χ0) is 17.8. The van der Waals surface area contributed by atoms with Crippen LogP contribution in [0.3, 0.4) is 0 Å². The van der Waals surface area contributed by atoms with Crippen molar-refractivity contribution in [1.29, 1.82) is 0 Å². The van der Waals surface area contributed by atoms with Gasteiger partial charge < -0.3 is 9.15 Å². The Kier molecular flexibility index (Phi) is 4.51. The molecule has 2 heterocycles. The number of carbonyl (C=O) groups is 3. The number of nitrogens with one attached hydrogen (secondary N) is 1. The zero-order valence-corrected chi connectivity index (χ0v) is 13.2. The van der Waals surface area contributed by atoms with Gasteiger partial charge in [0.1, 0.15) is 18.3 Å². The van der Waals surface area contributed by atoms with E-state index in [-0.39, 0.29) is 18.0 Å². The first-order valence-corrected chi connectivity index (χ1v) is 7.31. The first-order valence-electron chi connectivity index (χ1n) is 7.31. The molecule has 0 fully saturated rings. The molecular weight excluding hydrogens is 326 g/mol. The second-order valence-corrected chi connectivity index (χ2v) is 5.21. The number of furan rings is 1. The van der Waals surface area contributed by atoms with E-state index in [9.17, 15) is 14.4 Å². The molecule has 8 heteroatoms. The lowest BCUT2D eigenvalue weighted by atomic mass is 10.1. The van der Waals surface area contributed by atoms with Crippen LogP contribution >= 0.6 is 0 Å². The molecule has 0 amide bonds. The van der Waals surface area contributed by atoms with Gasteiger partial charge >= 0.3 is 0 Å².